The summed E-state index contributed by atoms with van der Waals surface area (Å²) in [5, 5.41) is 17.4. The minimum atomic E-state index is -1.35. The van der Waals surface area contributed by atoms with Crippen LogP contribution in [0.1, 0.15) is 5.56 Å². The number of carbonyl (C=O) groups excluding carboxylic acids is 2. The minimum absolute atomic E-state index is 0.0142. The molecule has 0 radical (unpaired) electrons. The molecule has 9 nitrogen and oxygen atoms in total. The first-order valence-corrected chi connectivity index (χ1v) is 11.9. The maximum Gasteiger partial charge on any atom is 0.322 e. The number of benzene rings is 2. The molecule has 2 aliphatic rings. The van der Waals surface area contributed by atoms with E-state index in [0.717, 1.165) is 42.7 Å². The summed E-state index contributed by atoms with van der Waals surface area (Å²) in [6, 6.07) is 12.1. The lowest BCUT2D eigenvalue weighted by molar-refractivity contribution is -0.124. The Kier molecular flexibility index (Phi) is 6.20. The third kappa shape index (κ3) is 4.36. The van der Waals surface area contributed by atoms with E-state index in [1.807, 2.05) is 12.1 Å². The summed E-state index contributed by atoms with van der Waals surface area (Å²) in [5.74, 6) is 0.247. The van der Waals surface area contributed by atoms with Crippen molar-refractivity contribution in [3.8, 4) is 11.6 Å². The predicted molar refractivity (Wildman–Crippen MR) is 129 cm³/mol. The van der Waals surface area contributed by atoms with E-state index in [1.54, 1.807) is 41.1 Å². The molecule has 178 valence electrons. The molecule has 0 aliphatic carbocycles. The Hall–Kier alpha value is -3.08. The highest BCUT2D eigenvalue weighted by Gasteiger charge is 2.48. The van der Waals surface area contributed by atoms with E-state index in [0.29, 0.717) is 23.3 Å². The number of morpholine rings is 1. The lowest BCUT2D eigenvalue weighted by Gasteiger charge is -2.27. The first kappa shape index (κ1) is 22.7. The topological polar surface area (TPSA) is 105 Å². The van der Waals surface area contributed by atoms with Crippen molar-refractivity contribution in [2.24, 2.45) is 0 Å². The first-order valence-electron chi connectivity index (χ1n) is 11.1. The molecule has 0 saturated carbocycles. The summed E-state index contributed by atoms with van der Waals surface area (Å²) >= 11 is 3.39. The third-order valence-corrected chi connectivity index (χ3v) is 6.83. The second-order valence-electron chi connectivity index (χ2n) is 8.45. The summed E-state index contributed by atoms with van der Waals surface area (Å²) in [7, 11) is 0. The van der Waals surface area contributed by atoms with Crippen molar-refractivity contribution in [2.45, 2.75) is 12.1 Å². The predicted octanol–water partition coefficient (Wildman–Crippen LogP) is 2.56. The fourth-order valence-electron chi connectivity index (χ4n) is 4.45. The molecule has 3 aromatic rings. The van der Waals surface area contributed by atoms with Crippen LogP contribution in [0.5, 0.6) is 11.6 Å². The van der Waals surface area contributed by atoms with Crippen molar-refractivity contribution in [3.05, 3.63) is 58.7 Å². The van der Waals surface area contributed by atoms with E-state index < -0.39 is 17.5 Å². The summed E-state index contributed by atoms with van der Waals surface area (Å²) < 4.78 is 13.7. The smallest absolute Gasteiger partial charge is 0.322 e. The highest BCUT2D eigenvalue weighted by molar-refractivity contribution is 9.10. The van der Waals surface area contributed by atoms with E-state index in [2.05, 4.69) is 31.5 Å². The van der Waals surface area contributed by atoms with Crippen molar-refractivity contribution in [3.63, 3.8) is 0 Å². The Labute approximate surface area is 204 Å². The van der Waals surface area contributed by atoms with Gasteiger partial charge in [0.2, 0.25) is 0 Å². The summed E-state index contributed by atoms with van der Waals surface area (Å²) in [6.45, 7) is 4.71. The van der Waals surface area contributed by atoms with Gasteiger partial charge in [0.1, 0.15) is 12.4 Å². The van der Waals surface area contributed by atoms with Crippen molar-refractivity contribution in [1.82, 2.24) is 20.1 Å². The number of aromatic hydroxyl groups is 1. The van der Waals surface area contributed by atoms with Gasteiger partial charge in [-0.3, -0.25) is 15.0 Å². The van der Waals surface area contributed by atoms with Gasteiger partial charge in [0.05, 0.1) is 19.8 Å². The number of hydrogen-bond donors (Lipinski definition) is 3. The van der Waals surface area contributed by atoms with Gasteiger partial charge in [-0.2, -0.15) is 0 Å². The number of nitrogens with zero attached hydrogens (tertiary/aromatic N) is 2. The standard InChI is InChI=1S/C24H25BrN4O5/c25-18-3-1-17(2-4-18)24(22(31)26-23(32)27-24)15-29-14-16-13-19(5-6-20(16)21(29)30)34-12-9-28-7-10-33-11-8-28/h1-6,13-14,30H,7-12,15H2,(H2,26,27,31,32)/t24-/m0/s1. The van der Waals surface area contributed by atoms with Gasteiger partial charge in [-0.1, -0.05) is 28.1 Å². The largest absolute Gasteiger partial charge is 0.494 e. The third-order valence-electron chi connectivity index (χ3n) is 6.30. The Morgan fingerprint density at radius 3 is 2.59 bits per heavy atom. The molecule has 10 heteroatoms. The maximum absolute atomic E-state index is 12.9. The van der Waals surface area contributed by atoms with E-state index in [-0.39, 0.29) is 12.4 Å². The molecule has 2 saturated heterocycles. The van der Waals surface area contributed by atoms with Crippen molar-refractivity contribution in [1.29, 1.82) is 0 Å². The molecule has 34 heavy (non-hydrogen) atoms. The van der Waals surface area contributed by atoms with Crippen LogP contribution < -0.4 is 15.4 Å². The van der Waals surface area contributed by atoms with Crippen molar-refractivity contribution >= 4 is 38.6 Å². The lowest BCUT2D eigenvalue weighted by atomic mass is 9.90. The van der Waals surface area contributed by atoms with E-state index in [4.69, 9.17) is 9.47 Å². The first-order chi connectivity index (χ1) is 16.4. The molecule has 0 bridgehead atoms. The number of fused-ring (bicyclic) bond motifs is 1. The SMILES string of the molecule is O=C1NC(=O)[C@](Cn2cc3cc(OCCN4CCOCC4)ccc3c2O)(c2ccc(Br)cc2)N1. The quantitative estimate of drug-likeness (QED) is 0.407. The second-order valence-corrected chi connectivity index (χ2v) is 9.37. The van der Waals surface area contributed by atoms with Crippen molar-refractivity contribution < 1.29 is 24.2 Å². The number of urea groups is 1. The van der Waals surface area contributed by atoms with Gasteiger partial charge >= 0.3 is 6.03 Å². The molecule has 0 unspecified atom stereocenters. The van der Waals surface area contributed by atoms with Gasteiger partial charge in [0.25, 0.3) is 5.91 Å². The zero-order chi connectivity index (χ0) is 23.7. The van der Waals surface area contributed by atoms with Crippen LogP contribution in [0.2, 0.25) is 0 Å². The molecule has 2 aromatic carbocycles. The molecule has 1 aromatic heterocycles. The van der Waals surface area contributed by atoms with Gasteiger partial charge in [-0.05, 0) is 35.9 Å². The van der Waals surface area contributed by atoms with Crippen LogP contribution in [0.3, 0.4) is 0 Å². The van der Waals surface area contributed by atoms with E-state index >= 15 is 0 Å². The van der Waals surface area contributed by atoms with Gasteiger partial charge in [0, 0.05) is 41.1 Å². The average Bonchev–Trinajstić information content (AvgIpc) is 3.30. The number of ether oxygens (including phenoxy) is 2. The number of imide groups is 1. The molecule has 3 N–H and O–H groups in total. The Morgan fingerprint density at radius 2 is 1.88 bits per heavy atom. The highest BCUT2D eigenvalue weighted by Crippen LogP contribution is 2.35. The number of halogens is 1. The van der Waals surface area contributed by atoms with Crippen LogP contribution >= 0.6 is 15.9 Å². The summed E-state index contributed by atoms with van der Waals surface area (Å²) in [6.07, 6.45) is 1.76. The van der Waals surface area contributed by atoms with Gasteiger partial charge in [-0.25, -0.2) is 4.79 Å². The monoisotopic (exact) mass is 528 g/mol. The molecular weight excluding hydrogens is 504 g/mol. The molecule has 5 rings (SSSR count). The normalized spacial score (nSPS) is 21.0. The lowest BCUT2D eigenvalue weighted by Crippen LogP contribution is -2.47. The minimum Gasteiger partial charge on any atom is -0.494 e. The van der Waals surface area contributed by atoms with Crippen LogP contribution in [0.25, 0.3) is 10.8 Å². The number of amides is 3. The average molecular weight is 529 g/mol. The Balaban J connectivity index is 1.38. The fourth-order valence-corrected chi connectivity index (χ4v) is 4.71. The fraction of sp³-hybridized carbons (Fsp3) is 0.333. The van der Waals surface area contributed by atoms with Gasteiger partial charge < -0.3 is 24.5 Å². The number of carbonyl (C=O) groups is 2. The van der Waals surface area contributed by atoms with E-state index in [1.165, 1.54) is 0 Å². The van der Waals surface area contributed by atoms with Crippen LogP contribution in [0.4, 0.5) is 4.79 Å². The zero-order valence-corrected chi connectivity index (χ0v) is 20.0. The molecule has 3 amide bonds. The zero-order valence-electron chi connectivity index (χ0n) is 18.4. The number of nitrogens with one attached hydrogen (secondary N) is 2. The number of rotatable bonds is 7. The highest BCUT2D eigenvalue weighted by atomic mass is 79.9. The van der Waals surface area contributed by atoms with Crippen LogP contribution in [0, 0.1) is 0 Å². The van der Waals surface area contributed by atoms with Crippen LogP contribution in [-0.2, 0) is 21.6 Å². The Bertz CT molecular complexity index is 1220. The molecule has 1 atom stereocenters. The van der Waals surface area contributed by atoms with Crippen molar-refractivity contribution in [2.75, 3.05) is 39.5 Å². The summed E-state index contributed by atoms with van der Waals surface area (Å²) in [4.78, 5) is 27.3. The number of aromatic nitrogens is 1. The van der Waals surface area contributed by atoms with Gasteiger partial charge in [0.15, 0.2) is 11.4 Å². The van der Waals surface area contributed by atoms with Crippen LogP contribution in [0.15, 0.2) is 53.1 Å². The maximum atomic E-state index is 12.9. The molecule has 2 aliphatic heterocycles. The molecular formula is C24H25BrN4O5. The van der Waals surface area contributed by atoms with E-state index in [9.17, 15) is 14.7 Å². The second kappa shape index (κ2) is 9.28. The van der Waals surface area contributed by atoms with Gasteiger partial charge in [-0.15, -0.1) is 0 Å². The Morgan fingerprint density at radius 1 is 1.12 bits per heavy atom. The number of hydrogen-bond acceptors (Lipinski definition) is 6. The molecule has 0 spiro atoms. The summed E-state index contributed by atoms with van der Waals surface area (Å²) in [5.41, 5.74) is -0.731. The van der Waals surface area contributed by atoms with Crippen LogP contribution in [-0.4, -0.2) is 66.0 Å². The molecule has 3 heterocycles. The molecule has 2 fully saturated rings.